The third-order valence-electron chi connectivity index (χ3n) is 7.21. The molecule has 220 valence electrons. The third-order valence-corrected chi connectivity index (χ3v) is 7.21. The zero-order chi connectivity index (χ0) is 30.6. The predicted octanol–water partition coefficient (Wildman–Crippen LogP) is 5.57. The minimum Gasteiger partial charge on any atom is -0.369 e. The zero-order valence-electron chi connectivity index (χ0n) is 22.5. The van der Waals surface area contributed by atoms with Crippen LogP contribution < -0.4 is 11.1 Å². The summed E-state index contributed by atoms with van der Waals surface area (Å²) >= 11 is 0. The minimum absolute atomic E-state index is 0.161. The molecule has 1 aliphatic rings. The number of carbonyl (C=O) groups is 3. The summed E-state index contributed by atoms with van der Waals surface area (Å²) in [5.74, 6) is -5.58. The molecule has 1 aliphatic heterocycles. The Labute approximate surface area is 238 Å². The molecule has 42 heavy (non-hydrogen) atoms. The number of ketones is 1. The number of nitrogens with two attached hydrogens (primary N) is 1. The Morgan fingerprint density at radius 3 is 2.31 bits per heavy atom. The van der Waals surface area contributed by atoms with Gasteiger partial charge in [-0.1, -0.05) is 66.7 Å². The van der Waals surface area contributed by atoms with Gasteiger partial charge in [0.2, 0.25) is 11.8 Å². The van der Waals surface area contributed by atoms with E-state index in [1.807, 2.05) is 0 Å². The fourth-order valence-corrected chi connectivity index (χ4v) is 5.13. The van der Waals surface area contributed by atoms with Gasteiger partial charge in [-0.3, -0.25) is 19.4 Å². The molecule has 2 amide bonds. The van der Waals surface area contributed by atoms with Gasteiger partial charge in [0.25, 0.3) is 6.43 Å². The van der Waals surface area contributed by atoms with Crippen LogP contribution in [0, 0.1) is 12.8 Å². The quantitative estimate of drug-likeness (QED) is 0.321. The van der Waals surface area contributed by atoms with Crippen molar-refractivity contribution >= 4 is 23.3 Å². The first-order valence-electron chi connectivity index (χ1n) is 13.1. The number of fused-ring (bicyclic) bond motifs is 1. The number of halogens is 5. The van der Waals surface area contributed by atoms with Gasteiger partial charge in [0, 0.05) is 29.5 Å². The predicted molar refractivity (Wildman–Crippen MR) is 146 cm³/mol. The SMILES string of the molecule is Cc1cccc2c1CC(=O)[C@@H](NC(=O)[C@H](CCC(F)(F)F)[C@@H](C(N)=O)c1ccccc1)N=C2c1cccc(C(F)F)c1. The van der Waals surface area contributed by atoms with E-state index in [0.717, 1.165) is 5.56 Å². The van der Waals surface area contributed by atoms with Crippen molar-refractivity contribution in [2.45, 2.75) is 50.9 Å². The molecule has 3 aromatic rings. The highest BCUT2D eigenvalue weighted by atomic mass is 19.4. The number of rotatable bonds is 9. The highest BCUT2D eigenvalue weighted by Gasteiger charge is 2.39. The Bertz CT molecular complexity index is 1510. The molecule has 3 atom stereocenters. The number of aryl methyl sites for hydroxylation is 1. The molecule has 11 heteroatoms. The zero-order valence-corrected chi connectivity index (χ0v) is 22.5. The van der Waals surface area contributed by atoms with Gasteiger partial charge in [-0.15, -0.1) is 0 Å². The molecule has 3 N–H and O–H groups in total. The summed E-state index contributed by atoms with van der Waals surface area (Å²) in [5.41, 5.74) is 7.79. The fourth-order valence-electron chi connectivity index (χ4n) is 5.13. The normalized spacial score (nSPS) is 16.7. The average molecular weight is 586 g/mol. The Morgan fingerprint density at radius 1 is 1.00 bits per heavy atom. The number of aliphatic imine (C=N–C) groups is 1. The Morgan fingerprint density at radius 2 is 1.67 bits per heavy atom. The summed E-state index contributed by atoms with van der Waals surface area (Å²) in [4.78, 5) is 44.0. The van der Waals surface area contributed by atoms with Crippen LogP contribution in [0.25, 0.3) is 0 Å². The van der Waals surface area contributed by atoms with Crippen LogP contribution in [0.4, 0.5) is 22.0 Å². The molecule has 0 fully saturated rings. The number of alkyl halides is 5. The summed E-state index contributed by atoms with van der Waals surface area (Å²) in [6.45, 7) is 1.77. The van der Waals surface area contributed by atoms with Crippen LogP contribution in [0.5, 0.6) is 0 Å². The maximum Gasteiger partial charge on any atom is 0.389 e. The number of nitrogens with zero attached hydrogens (tertiary/aromatic N) is 1. The second kappa shape index (κ2) is 12.6. The lowest BCUT2D eigenvalue weighted by Crippen LogP contribution is -2.46. The molecule has 0 aliphatic carbocycles. The largest absolute Gasteiger partial charge is 0.389 e. The van der Waals surface area contributed by atoms with E-state index in [9.17, 15) is 36.3 Å². The van der Waals surface area contributed by atoms with E-state index >= 15 is 0 Å². The average Bonchev–Trinajstić information content (AvgIpc) is 3.07. The molecular weight excluding hydrogens is 557 g/mol. The van der Waals surface area contributed by atoms with Gasteiger partial charge in [0.15, 0.2) is 11.9 Å². The molecule has 4 rings (SSSR count). The summed E-state index contributed by atoms with van der Waals surface area (Å²) in [6, 6.07) is 18.3. The van der Waals surface area contributed by atoms with E-state index in [1.54, 1.807) is 43.3 Å². The topological polar surface area (TPSA) is 102 Å². The van der Waals surface area contributed by atoms with Crippen LogP contribution in [-0.2, 0) is 20.8 Å². The first kappa shape index (κ1) is 30.5. The van der Waals surface area contributed by atoms with Crippen molar-refractivity contribution < 1.29 is 36.3 Å². The molecule has 0 saturated heterocycles. The van der Waals surface area contributed by atoms with Crippen LogP contribution in [0.1, 0.15) is 58.6 Å². The Hall–Kier alpha value is -4.41. The number of Topliss-reactive ketones (excluding diaryl/α,β-unsaturated/α-hetero) is 1. The van der Waals surface area contributed by atoms with E-state index in [4.69, 9.17) is 5.73 Å². The van der Waals surface area contributed by atoms with E-state index in [0.29, 0.717) is 11.1 Å². The van der Waals surface area contributed by atoms with Crippen molar-refractivity contribution in [2.24, 2.45) is 16.6 Å². The van der Waals surface area contributed by atoms with Crippen LogP contribution in [0.2, 0.25) is 0 Å². The number of hydrogen-bond donors (Lipinski definition) is 2. The Balaban J connectivity index is 1.77. The van der Waals surface area contributed by atoms with Crippen molar-refractivity contribution in [2.75, 3.05) is 0 Å². The molecule has 0 bridgehead atoms. The van der Waals surface area contributed by atoms with Crippen LogP contribution >= 0.6 is 0 Å². The fraction of sp³-hybridized carbons (Fsp3) is 0.290. The van der Waals surface area contributed by atoms with Crippen molar-refractivity contribution in [3.63, 3.8) is 0 Å². The van der Waals surface area contributed by atoms with E-state index in [2.05, 4.69) is 10.3 Å². The number of hydrogen-bond acceptors (Lipinski definition) is 4. The molecule has 0 aromatic heterocycles. The molecule has 0 unspecified atom stereocenters. The summed E-state index contributed by atoms with van der Waals surface area (Å²) in [5, 5.41) is 2.44. The molecule has 0 saturated carbocycles. The van der Waals surface area contributed by atoms with Crippen LogP contribution in [0.3, 0.4) is 0 Å². The van der Waals surface area contributed by atoms with Crippen molar-refractivity contribution in [3.8, 4) is 0 Å². The smallest absolute Gasteiger partial charge is 0.369 e. The van der Waals surface area contributed by atoms with Gasteiger partial charge < -0.3 is 11.1 Å². The van der Waals surface area contributed by atoms with Gasteiger partial charge in [-0.25, -0.2) is 8.78 Å². The van der Waals surface area contributed by atoms with Crippen molar-refractivity contribution in [1.29, 1.82) is 0 Å². The lowest BCUT2D eigenvalue weighted by atomic mass is 9.81. The standard InChI is InChI=1S/C31H28F5N3O3/c1-17-7-5-12-21-23(17)16-24(40)29(38-26(21)19-10-6-11-20(15-19)27(32)33)39-30(42)22(13-14-31(34,35)36)25(28(37)41)18-8-3-2-4-9-18/h2-12,15,22,25,27,29H,13-14,16H2,1H3,(H2,37,41)(H,39,42)/t22-,25+,29-/m1/s1. The van der Waals surface area contributed by atoms with E-state index in [1.165, 1.54) is 36.4 Å². The number of nitrogens with one attached hydrogen (secondary N) is 1. The highest BCUT2D eigenvalue weighted by Crippen LogP contribution is 2.33. The second-order valence-electron chi connectivity index (χ2n) is 10.1. The van der Waals surface area contributed by atoms with Crippen LogP contribution in [-0.4, -0.2) is 35.7 Å². The molecule has 6 nitrogen and oxygen atoms in total. The van der Waals surface area contributed by atoms with Gasteiger partial charge in [0.05, 0.1) is 17.5 Å². The molecule has 0 radical (unpaired) electrons. The van der Waals surface area contributed by atoms with Gasteiger partial charge >= 0.3 is 6.18 Å². The summed E-state index contributed by atoms with van der Waals surface area (Å²) < 4.78 is 66.8. The maximum atomic E-state index is 13.6. The van der Waals surface area contributed by atoms with Crippen molar-refractivity contribution in [3.05, 3.63) is 106 Å². The summed E-state index contributed by atoms with van der Waals surface area (Å²) in [6.07, 6.45) is -11.3. The van der Waals surface area contributed by atoms with E-state index < -0.39 is 61.0 Å². The van der Waals surface area contributed by atoms with Crippen molar-refractivity contribution in [1.82, 2.24) is 5.32 Å². The second-order valence-corrected chi connectivity index (χ2v) is 10.1. The summed E-state index contributed by atoms with van der Waals surface area (Å²) in [7, 11) is 0. The van der Waals surface area contributed by atoms with Gasteiger partial charge in [-0.2, -0.15) is 13.2 Å². The Kier molecular flexibility index (Phi) is 9.18. The number of primary amides is 1. The number of amides is 2. The third kappa shape index (κ3) is 7.07. The van der Waals surface area contributed by atoms with Gasteiger partial charge in [0.1, 0.15) is 0 Å². The first-order chi connectivity index (χ1) is 19.9. The molecule has 1 heterocycles. The molecular formula is C31H28F5N3O3. The highest BCUT2D eigenvalue weighted by molar-refractivity contribution is 6.16. The maximum absolute atomic E-state index is 13.6. The van der Waals surface area contributed by atoms with Gasteiger partial charge in [-0.05, 0) is 36.1 Å². The monoisotopic (exact) mass is 585 g/mol. The number of benzene rings is 3. The number of carbonyl (C=O) groups excluding carboxylic acids is 3. The van der Waals surface area contributed by atoms with E-state index in [-0.39, 0.29) is 28.8 Å². The minimum atomic E-state index is -4.63. The lowest BCUT2D eigenvalue weighted by Gasteiger charge is -2.26. The first-order valence-corrected chi connectivity index (χ1v) is 13.1. The lowest BCUT2D eigenvalue weighted by molar-refractivity contribution is -0.144. The molecule has 3 aromatic carbocycles. The molecule has 0 spiro atoms. The van der Waals surface area contributed by atoms with Crippen LogP contribution in [0.15, 0.2) is 77.8 Å².